The summed E-state index contributed by atoms with van der Waals surface area (Å²) in [4.78, 5) is 12.3. The summed E-state index contributed by atoms with van der Waals surface area (Å²) in [5.41, 5.74) is 2.65. The monoisotopic (exact) mass is 326 g/mol. The van der Waals surface area contributed by atoms with Crippen molar-refractivity contribution in [3.05, 3.63) is 76.6 Å². The predicted octanol–water partition coefficient (Wildman–Crippen LogP) is 3.54. The van der Waals surface area contributed by atoms with E-state index in [-0.39, 0.29) is 5.91 Å². The number of carbonyl (C=O) groups is 1. The molecule has 0 bridgehead atoms. The molecule has 1 heterocycles. The summed E-state index contributed by atoms with van der Waals surface area (Å²) in [6.07, 6.45) is 0. The second-order valence-corrected chi connectivity index (χ2v) is 5.50. The Kier molecular flexibility index (Phi) is 4.39. The molecular weight excluding hydrogens is 312 g/mol. The van der Waals surface area contributed by atoms with Crippen LogP contribution in [0.3, 0.4) is 0 Å². The van der Waals surface area contributed by atoms with Crippen molar-refractivity contribution >= 4 is 23.2 Å². The Labute approximate surface area is 138 Å². The minimum atomic E-state index is -0.279. The van der Waals surface area contributed by atoms with Crippen molar-refractivity contribution in [3.8, 4) is 0 Å². The van der Waals surface area contributed by atoms with Gasteiger partial charge in [-0.3, -0.25) is 4.79 Å². The lowest BCUT2D eigenvalue weighted by Crippen LogP contribution is -2.14. The van der Waals surface area contributed by atoms with Crippen molar-refractivity contribution in [2.24, 2.45) is 0 Å². The molecule has 0 aliphatic carbocycles. The van der Waals surface area contributed by atoms with E-state index >= 15 is 0 Å². The highest BCUT2D eigenvalue weighted by Gasteiger charge is 2.17. The van der Waals surface area contributed by atoms with Crippen LogP contribution < -0.4 is 5.32 Å². The Balaban J connectivity index is 1.79. The van der Waals surface area contributed by atoms with E-state index in [1.807, 2.05) is 61.5 Å². The van der Waals surface area contributed by atoms with Crippen molar-refractivity contribution in [1.82, 2.24) is 15.0 Å². The molecule has 0 radical (unpaired) electrons. The van der Waals surface area contributed by atoms with Gasteiger partial charge >= 0.3 is 0 Å². The maximum absolute atomic E-state index is 12.3. The zero-order valence-electron chi connectivity index (χ0n) is 12.5. The second kappa shape index (κ2) is 6.62. The Morgan fingerprint density at radius 3 is 2.57 bits per heavy atom. The molecule has 0 unspecified atom stereocenters. The van der Waals surface area contributed by atoms with E-state index in [0.717, 1.165) is 11.3 Å². The number of aromatic nitrogens is 3. The van der Waals surface area contributed by atoms with Gasteiger partial charge < -0.3 is 5.32 Å². The molecule has 0 aliphatic heterocycles. The zero-order chi connectivity index (χ0) is 16.2. The fourth-order valence-electron chi connectivity index (χ4n) is 2.22. The van der Waals surface area contributed by atoms with Crippen LogP contribution in [-0.4, -0.2) is 20.9 Å². The highest BCUT2D eigenvalue weighted by atomic mass is 35.5. The van der Waals surface area contributed by atoms with Crippen LogP contribution in [0.4, 0.5) is 5.69 Å². The summed E-state index contributed by atoms with van der Waals surface area (Å²) in [6, 6.07) is 16.8. The number of nitrogens with zero attached hydrogens (tertiary/aromatic N) is 3. The molecule has 0 saturated carbocycles. The topological polar surface area (TPSA) is 59.8 Å². The van der Waals surface area contributed by atoms with Gasteiger partial charge in [0.2, 0.25) is 0 Å². The number of benzene rings is 2. The number of anilines is 1. The summed E-state index contributed by atoms with van der Waals surface area (Å²) >= 11 is 6.16. The lowest BCUT2D eigenvalue weighted by Gasteiger charge is -2.06. The minimum Gasteiger partial charge on any atom is -0.321 e. The largest absolute Gasteiger partial charge is 0.321 e. The molecule has 3 rings (SSSR count). The van der Waals surface area contributed by atoms with E-state index < -0.39 is 0 Å². The maximum atomic E-state index is 12.3. The van der Waals surface area contributed by atoms with Crippen LogP contribution in [-0.2, 0) is 6.54 Å². The lowest BCUT2D eigenvalue weighted by molar-refractivity contribution is 0.102. The molecule has 3 aromatic rings. The lowest BCUT2D eigenvalue weighted by atomic mass is 10.2. The predicted molar refractivity (Wildman–Crippen MR) is 89.7 cm³/mol. The molecule has 1 amide bonds. The molecule has 0 atom stereocenters. The summed E-state index contributed by atoms with van der Waals surface area (Å²) in [5.74, 6) is -0.279. The van der Waals surface area contributed by atoms with Gasteiger partial charge in [0.25, 0.3) is 5.91 Å². The molecule has 0 saturated heterocycles. The van der Waals surface area contributed by atoms with Crippen molar-refractivity contribution < 1.29 is 4.79 Å². The maximum Gasteiger partial charge on any atom is 0.278 e. The first kappa shape index (κ1) is 15.2. The number of hydrogen-bond donors (Lipinski definition) is 1. The van der Waals surface area contributed by atoms with Crippen molar-refractivity contribution in [2.75, 3.05) is 5.32 Å². The number of carbonyl (C=O) groups excluding carboxylic acids is 1. The summed E-state index contributed by atoms with van der Waals surface area (Å²) in [6.45, 7) is 2.29. The third-order valence-corrected chi connectivity index (χ3v) is 3.88. The fraction of sp³-hybridized carbons (Fsp3) is 0.118. The smallest absolute Gasteiger partial charge is 0.278 e. The third-order valence-electron chi connectivity index (χ3n) is 3.51. The van der Waals surface area contributed by atoms with Gasteiger partial charge in [-0.1, -0.05) is 53.2 Å². The molecule has 6 heteroatoms. The molecule has 23 heavy (non-hydrogen) atoms. The van der Waals surface area contributed by atoms with Crippen molar-refractivity contribution in [3.63, 3.8) is 0 Å². The van der Waals surface area contributed by atoms with Gasteiger partial charge in [0.05, 0.1) is 12.2 Å². The van der Waals surface area contributed by atoms with Gasteiger partial charge in [-0.05, 0) is 30.7 Å². The van der Waals surface area contributed by atoms with Gasteiger partial charge in [0, 0.05) is 10.7 Å². The van der Waals surface area contributed by atoms with Gasteiger partial charge in [-0.2, -0.15) is 0 Å². The molecule has 1 N–H and O–H groups in total. The number of rotatable bonds is 4. The Bertz CT molecular complexity index is 830. The van der Waals surface area contributed by atoms with Crippen LogP contribution in [0.2, 0.25) is 5.02 Å². The van der Waals surface area contributed by atoms with Gasteiger partial charge in [0.1, 0.15) is 0 Å². The first-order valence-corrected chi connectivity index (χ1v) is 7.53. The average molecular weight is 327 g/mol. The van der Waals surface area contributed by atoms with Gasteiger partial charge in [0.15, 0.2) is 5.69 Å². The zero-order valence-corrected chi connectivity index (χ0v) is 13.3. The number of amides is 1. The van der Waals surface area contributed by atoms with Crippen molar-refractivity contribution in [1.29, 1.82) is 0 Å². The molecule has 116 valence electrons. The van der Waals surface area contributed by atoms with E-state index in [2.05, 4.69) is 15.6 Å². The van der Waals surface area contributed by atoms with E-state index in [1.165, 1.54) is 0 Å². The average Bonchev–Trinajstić information content (AvgIpc) is 2.92. The number of hydrogen-bond acceptors (Lipinski definition) is 3. The van der Waals surface area contributed by atoms with Gasteiger partial charge in [-0.15, -0.1) is 5.10 Å². The summed E-state index contributed by atoms with van der Waals surface area (Å²) in [5, 5.41) is 11.5. The Morgan fingerprint density at radius 1 is 1.13 bits per heavy atom. The standard InChI is InChI=1S/C17H15ClN4O/c1-12-16(17(23)19-14-8-3-2-4-9-14)20-21-22(12)11-13-7-5-6-10-15(13)18/h2-10H,11H2,1H3,(H,19,23). The quantitative estimate of drug-likeness (QED) is 0.797. The SMILES string of the molecule is Cc1c(C(=O)Nc2ccccc2)nnn1Cc1ccccc1Cl. The molecule has 0 fully saturated rings. The molecule has 5 nitrogen and oxygen atoms in total. The van der Waals surface area contributed by atoms with Crippen molar-refractivity contribution in [2.45, 2.75) is 13.5 Å². The highest BCUT2D eigenvalue weighted by molar-refractivity contribution is 6.31. The number of halogens is 1. The first-order chi connectivity index (χ1) is 11.1. The highest BCUT2D eigenvalue weighted by Crippen LogP contribution is 2.17. The van der Waals surface area contributed by atoms with Gasteiger partial charge in [-0.25, -0.2) is 4.68 Å². The summed E-state index contributed by atoms with van der Waals surface area (Å²) < 4.78 is 1.67. The molecule has 0 aliphatic rings. The first-order valence-electron chi connectivity index (χ1n) is 7.15. The van der Waals surface area contributed by atoms with Crippen LogP contribution in [0, 0.1) is 6.92 Å². The van der Waals surface area contributed by atoms with Crippen LogP contribution >= 0.6 is 11.6 Å². The van der Waals surface area contributed by atoms with Crippen LogP contribution in [0.25, 0.3) is 0 Å². The van der Waals surface area contributed by atoms with Crippen LogP contribution in [0.1, 0.15) is 21.7 Å². The molecule has 2 aromatic carbocycles. The minimum absolute atomic E-state index is 0.279. The molecule has 0 spiro atoms. The normalized spacial score (nSPS) is 10.5. The van der Waals surface area contributed by atoms with E-state index in [1.54, 1.807) is 4.68 Å². The fourth-order valence-corrected chi connectivity index (χ4v) is 2.42. The molecule has 1 aromatic heterocycles. The van der Waals surface area contributed by atoms with Crippen LogP contribution in [0.5, 0.6) is 0 Å². The Hall–Kier alpha value is -2.66. The van der Waals surface area contributed by atoms with Crippen LogP contribution in [0.15, 0.2) is 54.6 Å². The molecular formula is C17H15ClN4O. The van der Waals surface area contributed by atoms with E-state index in [4.69, 9.17) is 11.6 Å². The van der Waals surface area contributed by atoms with E-state index in [9.17, 15) is 4.79 Å². The summed E-state index contributed by atoms with van der Waals surface area (Å²) in [7, 11) is 0. The number of nitrogens with one attached hydrogen (secondary N) is 1. The second-order valence-electron chi connectivity index (χ2n) is 5.09. The number of para-hydroxylation sites is 1. The Morgan fingerprint density at radius 2 is 1.83 bits per heavy atom. The third kappa shape index (κ3) is 3.40. The van der Waals surface area contributed by atoms with E-state index in [0.29, 0.717) is 23.0 Å².